The Morgan fingerprint density at radius 3 is 2.43 bits per heavy atom. The Kier molecular flexibility index (Phi) is 8.47. The van der Waals surface area contributed by atoms with Crippen LogP contribution in [-0.4, -0.2) is 58.0 Å². The first-order valence-electron chi connectivity index (χ1n) is 7.23. The molecular formula is C16H26N2O3. The lowest BCUT2D eigenvalue weighted by atomic mass is 10.1. The van der Waals surface area contributed by atoms with Gasteiger partial charge >= 0.3 is 6.03 Å². The third-order valence-corrected chi connectivity index (χ3v) is 3.19. The number of methoxy groups -OCH3 is 2. The van der Waals surface area contributed by atoms with E-state index < -0.39 is 0 Å². The van der Waals surface area contributed by atoms with Crippen molar-refractivity contribution in [3.05, 3.63) is 35.4 Å². The Hall–Kier alpha value is -1.59. The van der Waals surface area contributed by atoms with Crippen LogP contribution in [0.2, 0.25) is 0 Å². The first kappa shape index (κ1) is 17.5. The number of ether oxygens (including phenoxy) is 2. The van der Waals surface area contributed by atoms with Crippen LogP contribution < -0.4 is 5.32 Å². The van der Waals surface area contributed by atoms with Crippen LogP contribution in [0.15, 0.2) is 24.3 Å². The van der Waals surface area contributed by atoms with Gasteiger partial charge in [-0.05, 0) is 18.9 Å². The van der Waals surface area contributed by atoms with Crippen LogP contribution in [0.3, 0.4) is 0 Å². The van der Waals surface area contributed by atoms with Gasteiger partial charge in [-0.25, -0.2) is 4.79 Å². The number of carbonyl (C=O) groups excluding carboxylic acids is 1. The zero-order valence-corrected chi connectivity index (χ0v) is 13.2. The molecule has 21 heavy (non-hydrogen) atoms. The second-order valence-corrected chi connectivity index (χ2v) is 4.94. The predicted molar refractivity (Wildman–Crippen MR) is 83.6 cm³/mol. The van der Waals surface area contributed by atoms with Crippen molar-refractivity contribution in [3.8, 4) is 0 Å². The van der Waals surface area contributed by atoms with E-state index in [2.05, 4.69) is 30.4 Å². The number of benzene rings is 1. The van der Waals surface area contributed by atoms with Gasteiger partial charge in [0.05, 0.1) is 13.2 Å². The quantitative estimate of drug-likeness (QED) is 0.756. The van der Waals surface area contributed by atoms with Gasteiger partial charge in [-0.3, -0.25) is 0 Å². The molecule has 0 bridgehead atoms. The summed E-state index contributed by atoms with van der Waals surface area (Å²) in [6, 6.07) is 8.25. The van der Waals surface area contributed by atoms with Crippen molar-refractivity contribution < 1.29 is 14.3 Å². The van der Waals surface area contributed by atoms with Crippen molar-refractivity contribution >= 4 is 6.03 Å². The second kappa shape index (κ2) is 10.2. The lowest BCUT2D eigenvalue weighted by Gasteiger charge is -2.22. The topological polar surface area (TPSA) is 50.8 Å². The summed E-state index contributed by atoms with van der Waals surface area (Å²) in [5.74, 6) is 0. The molecule has 0 aliphatic rings. The summed E-state index contributed by atoms with van der Waals surface area (Å²) in [5.41, 5.74) is 2.47. The van der Waals surface area contributed by atoms with E-state index >= 15 is 0 Å². The Labute approximate surface area is 127 Å². The van der Waals surface area contributed by atoms with Gasteiger partial charge in [-0.2, -0.15) is 0 Å². The van der Waals surface area contributed by atoms with Gasteiger partial charge in [-0.1, -0.05) is 29.8 Å². The summed E-state index contributed by atoms with van der Waals surface area (Å²) >= 11 is 0. The van der Waals surface area contributed by atoms with E-state index in [-0.39, 0.29) is 6.03 Å². The number of nitrogens with one attached hydrogen (secondary N) is 1. The first-order chi connectivity index (χ1) is 10.2. The fourth-order valence-corrected chi connectivity index (χ4v) is 2.01. The second-order valence-electron chi connectivity index (χ2n) is 4.94. The van der Waals surface area contributed by atoms with Gasteiger partial charge in [0.1, 0.15) is 0 Å². The zero-order chi connectivity index (χ0) is 15.5. The van der Waals surface area contributed by atoms with Crippen molar-refractivity contribution in [2.24, 2.45) is 0 Å². The minimum Gasteiger partial charge on any atom is -0.383 e. The molecular weight excluding hydrogens is 268 g/mol. The molecule has 1 aromatic rings. The molecule has 0 atom stereocenters. The number of hydrogen-bond donors (Lipinski definition) is 1. The van der Waals surface area contributed by atoms with E-state index in [0.29, 0.717) is 32.8 Å². The molecule has 0 saturated carbocycles. The van der Waals surface area contributed by atoms with Crippen molar-refractivity contribution in [1.29, 1.82) is 0 Å². The Morgan fingerprint density at radius 1 is 1.19 bits per heavy atom. The van der Waals surface area contributed by atoms with E-state index in [9.17, 15) is 4.79 Å². The molecule has 0 aromatic heterocycles. The Bertz CT molecular complexity index is 416. The van der Waals surface area contributed by atoms with E-state index in [1.807, 2.05) is 6.07 Å². The van der Waals surface area contributed by atoms with Crippen molar-refractivity contribution in [3.63, 3.8) is 0 Å². The van der Waals surface area contributed by atoms with Crippen LogP contribution in [-0.2, 0) is 15.9 Å². The van der Waals surface area contributed by atoms with Crippen molar-refractivity contribution in [2.45, 2.75) is 13.3 Å². The lowest BCUT2D eigenvalue weighted by Crippen LogP contribution is -2.43. The molecule has 0 saturated heterocycles. The molecule has 118 valence electrons. The SMILES string of the molecule is COCCN(CCOC)C(=O)NCCc1cccc(C)c1. The van der Waals surface area contributed by atoms with Gasteiger partial charge in [0.25, 0.3) is 0 Å². The molecule has 0 radical (unpaired) electrons. The number of carbonyl (C=O) groups is 1. The molecule has 0 aliphatic carbocycles. The van der Waals surface area contributed by atoms with Gasteiger partial charge in [0, 0.05) is 33.9 Å². The van der Waals surface area contributed by atoms with Gasteiger partial charge in [-0.15, -0.1) is 0 Å². The molecule has 5 heteroatoms. The van der Waals surface area contributed by atoms with Crippen LogP contribution >= 0.6 is 0 Å². The highest BCUT2D eigenvalue weighted by atomic mass is 16.5. The summed E-state index contributed by atoms with van der Waals surface area (Å²) in [5, 5.41) is 2.94. The fraction of sp³-hybridized carbons (Fsp3) is 0.562. The van der Waals surface area contributed by atoms with Crippen LogP contribution in [0.4, 0.5) is 4.79 Å². The maximum absolute atomic E-state index is 12.1. The Morgan fingerprint density at radius 2 is 1.86 bits per heavy atom. The number of aryl methyl sites for hydroxylation is 1. The summed E-state index contributed by atoms with van der Waals surface area (Å²) in [7, 11) is 3.26. The molecule has 1 rings (SSSR count). The molecule has 0 fully saturated rings. The minimum absolute atomic E-state index is 0.0725. The standard InChI is InChI=1S/C16H26N2O3/c1-14-5-4-6-15(13-14)7-8-17-16(19)18(9-11-20-2)10-12-21-3/h4-6,13H,7-12H2,1-3H3,(H,17,19). The van der Waals surface area contributed by atoms with Crippen molar-refractivity contribution in [2.75, 3.05) is 47.1 Å². The highest BCUT2D eigenvalue weighted by Gasteiger charge is 2.12. The molecule has 0 heterocycles. The fourth-order valence-electron chi connectivity index (χ4n) is 2.01. The minimum atomic E-state index is -0.0725. The molecule has 1 aromatic carbocycles. The van der Waals surface area contributed by atoms with Gasteiger partial charge in [0.2, 0.25) is 0 Å². The van der Waals surface area contributed by atoms with Crippen LogP contribution in [0.1, 0.15) is 11.1 Å². The maximum Gasteiger partial charge on any atom is 0.317 e. The highest BCUT2D eigenvalue weighted by molar-refractivity contribution is 5.74. The number of nitrogens with zero attached hydrogens (tertiary/aromatic N) is 1. The third kappa shape index (κ3) is 7.11. The largest absolute Gasteiger partial charge is 0.383 e. The molecule has 1 N–H and O–H groups in total. The summed E-state index contributed by atoms with van der Waals surface area (Å²) in [6.45, 7) is 4.87. The average molecular weight is 294 g/mol. The smallest absolute Gasteiger partial charge is 0.317 e. The number of hydrogen-bond acceptors (Lipinski definition) is 3. The van der Waals surface area contributed by atoms with E-state index in [1.54, 1.807) is 19.1 Å². The molecule has 0 spiro atoms. The Balaban J connectivity index is 2.37. The van der Waals surface area contributed by atoms with Crippen molar-refractivity contribution in [1.82, 2.24) is 10.2 Å². The van der Waals surface area contributed by atoms with Crippen LogP contribution in [0, 0.1) is 6.92 Å². The highest BCUT2D eigenvalue weighted by Crippen LogP contribution is 2.04. The summed E-state index contributed by atoms with van der Waals surface area (Å²) in [6.07, 6.45) is 0.829. The van der Waals surface area contributed by atoms with E-state index in [4.69, 9.17) is 9.47 Å². The average Bonchev–Trinajstić information content (AvgIpc) is 2.47. The molecule has 0 aliphatic heterocycles. The summed E-state index contributed by atoms with van der Waals surface area (Å²) in [4.78, 5) is 13.8. The van der Waals surface area contributed by atoms with Gasteiger partial charge < -0.3 is 19.7 Å². The normalized spacial score (nSPS) is 10.4. The molecule has 2 amide bonds. The van der Waals surface area contributed by atoms with E-state index in [1.165, 1.54) is 11.1 Å². The molecule has 5 nitrogen and oxygen atoms in total. The van der Waals surface area contributed by atoms with Gasteiger partial charge in [0.15, 0.2) is 0 Å². The predicted octanol–water partition coefficient (Wildman–Crippen LogP) is 1.84. The lowest BCUT2D eigenvalue weighted by molar-refractivity contribution is 0.122. The zero-order valence-electron chi connectivity index (χ0n) is 13.2. The number of rotatable bonds is 9. The summed E-state index contributed by atoms with van der Waals surface area (Å²) < 4.78 is 10.1. The first-order valence-corrected chi connectivity index (χ1v) is 7.23. The van der Waals surface area contributed by atoms with Crippen LogP contribution in [0.5, 0.6) is 0 Å². The van der Waals surface area contributed by atoms with E-state index in [0.717, 1.165) is 6.42 Å². The third-order valence-electron chi connectivity index (χ3n) is 3.19. The monoisotopic (exact) mass is 294 g/mol. The van der Waals surface area contributed by atoms with Crippen LogP contribution in [0.25, 0.3) is 0 Å². The number of amides is 2. The number of urea groups is 1. The maximum atomic E-state index is 12.1. The molecule has 0 unspecified atom stereocenters.